The molecule has 0 atom stereocenters. The van der Waals surface area contributed by atoms with E-state index in [1.165, 1.54) is 0 Å². The Morgan fingerprint density at radius 1 is 0.556 bits per heavy atom. The first-order chi connectivity index (χ1) is 7.82. The summed E-state index contributed by atoms with van der Waals surface area (Å²) in [7, 11) is -15.5. The highest BCUT2D eigenvalue weighted by Crippen LogP contribution is 2.36. The molecule has 0 fully saturated rings. The summed E-state index contributed by atoms with van der Waals surface area (Å²) in [5.41, 5.74) is -4.31. The minimum absolute atomic E-state index is 1.44. The van der Waals surface area contributed by atoms with Gasteiger partial charge in [0, 0.05) is 0 Å². The highest BCUT2D eigenvalue weighted by Gasteiger charge is 2.34. The van der Waals surface area contributed by atoms with Crippen LogP contribution in [0.15, 0.2) is 0 Å². The van der Waals surface area contributed by atoms with Crippen molar-refractivity contribution in [2.75, 3.05) is 0 Å². The van der Waals surface area contributed by atoms with Crippen LogP contribution >= 0.6 is 22.8 Å². The SMILES string of the molecule is O=P(O)(O)c1nc(P(=O)(O)O)nc(P(=O)(O)O)n1. The molecule has 0 aliphatic rings. The Hall–Kier alpha value is -0.540. The van der Waals surface area contributed by atoms with Crippen LogP contribution in [0.2, 0.25) is 0 Å². The molecule has 0 saturated heterocycles. The van der Waals surface area contributed by atoms with Gasteiger partial charge in [-0.05, 0) is 0 Å². The van der Waals surface area contributed by atoms with E-state index in [1.54, 1.807) is 0 Å². The van der Waals surface area contributed by atoms with Gasteiger partial charge < -0.3 is 29.4 Å². The van der Waals surface area contributed by atoms with Crippen LogP contribution in [0.4, 0.5) is 0 Å². The maximum atomic E-state index is 10.8. The second-order valence-electron chi connectivity index (χ2n) is 2.87. The first-order valence-corrected chi connectivity index (χ1v) is 8.60. The van der Waals surface area contributed by atoms with E-state index in [-0.39, 0.29) is 0 Å². The van der Waals surface area contributed by atoms with Crippen LogP contribution in [0, 0.1) is 0 Å². The largest absolute Gasteiger partial charge is 0.393 e. The Kier molecular flexibility index (Phi) is 3.91. The van der Waals surface area contributed by atoms with Crippen LogP contribution < -0.4 is 16.7 Å². The second kappa shape index (κ2) is 4.53. The van der Waals surface area contributed by atoms with Crippen molar-refractivity contribution >= 4 is 39.5 Å². The summed E-state index contributed by atoms with van der Waals surface area (Å²) >= 11 is 0. The van der Waals surface area contributed by atoms with E-state index in [0.717, 1.165) is 0 Å². The molecule has 1 rings (SSSR count). The molecule has 0 amide bonds. The molecule has 15 heteroatoms. The molecule has 0 radical (unpaired) electrons. The summed E-state index contributed by atoms with van der Waals surface area (Å²) in [6.07, 6.45) is 0. The molecular formula is C3H6N3O9P3. The van der Waals surface area contributed by atoms with Crippen LogP contribution in [0.1, 0.15) is 0 Å². The first-order valence-electron chi connectivity index (χ1n) is 3.76. The smallest absolute Gasteiger partial charge is 0.319 e. The molecule has 1 aromatic heterocycles. The van der Waals surface area contributed by atoms with Crippen molar-refractivity contribution in [3.63, 3.8) is 0 Å². The molecule has 0 aliphatic heterocycles. The van der Waals surface area contributed by atoms with E-state index in [9.17, 15) is 13.7 Å². The molecule has 0 bridgehead atoms. The van der Waals surface area contributed by atoms with Gasteiger partial charge in [-0.1, -0.05) is 0 Å². The van der Waals surface area contributed by atoms with Gasteiger partial charge in [-0.15, -0.1) is 0 Å². The molecule has 1 heterocycles. The number of hydrogen-bond donors (Lipinski definition) is 6. The highest BCUT2D eigenvalue weighted by molar-refractivity contribution is 7.62. The lowest BCUT2D eigenvalue weighted by molar-refractivity contribution is 0.383. The normalized spacial score (nSPS) is 13.7. The fourth-order valence-corrected chi connectivity index (χ4v) is 2.32. The van der Waals surface area contributed by atoms with Gasteiger partial charge in [0.2, 0.25) is 16.7 Å². The molecule has 1 aromatic rings. The van der Waals surface area contributed by atoms with Gasteiger partial charge >= 0.3 is 22.8 Å². The van der Waals surface area contributed by atoms with Crippen LogP contribution in [0.5, 0.6) is 0 Å². The third-order valence-electron chi connectivity index (χ3n) is 1.38. The molecule has 0 aromatic carbocycles. The fourth-order valence-electron chi connectivity index (χ4n) is 0.734. The first kappa shape index (κ1) is 15.5. The summed E-state index contributed by atoms with van der Waals surface area (Å²) < 4.78 is 32.5. The van der Waals surface area contributed by atoms with Gasteiger partial charge in [-0.2, -0.15) is 15.0 Å². The molecule has 12 nitrogen and oxygen atoms in total. The zero-order valence-electron chi connectivity index (χ0n) is 8.09. The topological polar surface area (TPSA) is 211 Å². The molecule has 0 saturated carbocycles. The van der Waals surface area contributed by atoms with E-state index in [1.807, 2.05) is 0 Å². The van der Waals surface area contributed by atoms with E-state index >= 15 is 0 Å². The van der Waals surface area contributed by atoms with Gasteiger partial charge in [0.25, 0.3) is 0 Å². The lowest BCUT2D eigenvalue weighted by Gasteiger charge is -2.09. The monoisotopic (exact) mass is 321 g/mol. The standard InChI is InChI=1S/C3H6N3O9P3/c7-16(8,9)1-4-2(17(10,11)12)6-3(5-1)18(13,14)15/h(H2,7,8,9)(H2,10,11,12)(H2,13,14,15). The lowest BCUT2D eigenvalue weighted by atomic mass is 11.1. The molecule has 0 unspecified atom stereocenters. The zero-order valence-corrected chi connectivity index (χ0v) is 10.8. The van der Waals surface area contributed by atoms with E-state index in [4.69, 9.17) is 29.4 Å². The Bertz CT molecular complexity index is 513. The number of aromatic nitrogens is 3. The molecule has 102 valence electrons. The van der Waals surface area contributed by atoms with Crippen molar-refractivity contribution < 1.29 is 43.1 Å². The summed E-state index contributed by atoms with van der Waals surface area (Å²) in [5, 5.41) is 0. The average molecular weight is 321 g/mol. The molecule has 6 N–H and O–H groups in total. The molecular weight excluding hydrogens is 315 g/mol. The summed E-state index contributed by atoms with van der Waals surface area (Å²) in [6.45, 7) is 0. The zero-order chi connectivity index (χ0) is 14.4. The summed E-state index contributed by atoms with van der Waals surface area (Å²) in [5.74, 6) is 0. The van der Waals surface area contributed by atoms with E-state index in [2.05, 4.69) is 15.0 Å². The summed E-state index contributed by atoms with van der Waals surface area (Å²) in [6, 6.07) is 0. The van der Waals surface area contributed by atoms with Gasteiger partial charge in [0.05, 0.1) is 0 Å². The van der Waals surface area contributed by atoms with Crippen molar-refractivity contribution in [1.82, 2.24) is 15.0 Å². The third kappa shape index (κ3) is 3.72. The number of rotatable bonds is 3. The minimum Gasteiger partial charge on any atom is -0.319 e. The number of nitrogens with zero attached hydrogens (tertiary/aromatic N) is 3. The van der Waals surface area contributed by atoms with Gasteiger partial charge in [0.15, 0.2) is 0 Å². The molecule has 0 aliphatic carbocycles. The lowest BCUT2D eigenvalue weighted by Crippen LogP contribution is -2.35. The van der Waals surface area contributed by atoms with Gasteiger partial charge in [-0.25, -0.2) is 0 Å². The fraction of sp³-hybridized carbons (Fsp3) is 0. The summed E-state index contributed by atoms with van der Waals surface area (Å²) in [4.78, 5) is 60.7. The van der Waals surface area contributed by atoms with Crippen molar-refractivity contribution in [2.45, 2.75) is 0 Å². The minimum atomic E-state index is -5.16. The van der Waals surface area contributed by atoms with Gasteiger partial charge in [-0.3, -0.25) is 13.7 Å². The van der Waals surface area contributed by atoms with Crippen LogP contribution in [-0.2, 0) is 13.7 Å². The Labute approximate surface area is 98.2 Å². The van der Waals surface area contributed by atoms with Crippen LogP contribution in [0.25, 0.3) is 0 Å². The molecule has 18 heavy (non-hydrogen) atoms. The number of hydrogen-bond acceptors (Lipinski definition) is 6. The predicted octanol–water partition coefficient (Wildman–Crippen LogP) is -3.72. The quantitative estimate of drug-likeness (QED) is 0.297. The average Bonchev–Trinajstić information content (AvgIpc) is 2.13. The van der Waals surface area contributed by atoms with Crippen molar-refractivity contribution in [3.05, 3.63) is 0 Å². The van der Waals surface area contributed by atoms with Gasteiger partial charge in [0.1, 0.15) is 0 Å². The van der Waals surface area contributed by atoms with Crippen molar-refractivity contribution in [2.24, 2.45) is 0 Å². The second-order valence-corrected chi connectivity index (χ2v) is 7.33. The van der Waals surface area contributed by atoms with E-state index in [0.29, 0.717) is 0 Å². The Morgan fingerprint density at radius 2 is 0.722 bits per heavy atom. The Morgan fingerprint density at radius 3 is 0.833 bits per heavy atom. The van der Waals surface area contributed by atoms with Crippen LogP contribution in [0.3, 0.4) is 0 Å². The third-order valence-corrected chi connectivity index (χ3v) is 3.54. The van der Waals surface area contributed by atoms with Crippen molar-refractivity contribution in [3.8, 4) is 0 Å². The predicted molar refractivity (Wildman–Crippen MR) is 54.9 cm³/mol. The van der Waals surface area contributed by atoms with Crippen LogP contribution in [-0.4, -0.2) is 44.3 Å². The maximum Gasteiger partial charge on any atom is 0.393 e. The van der Waals surface area contributed by atoms with E-state index < -0.39 is 39.5 Å². The molecule has 0 spiro atoms. The Balaban J connectivity index is 3.65. The highest BCUT2D eigenvalue weighted by atomic mass is 31.2. The maximum absolute atomic E-state index is 10.8. The van der Waals surface area contributed by atoms with Crippen molar-refractivity contribution in [1.29, 1.82) is 0 Å².